The standard InChI is InChI=1S/C26H26N10O4/c1-12(37)20-21(14-6-15-3-4-16(7-14)35(15)25(38)23-29-11-30-34-23)33-24-17(9-31-36(24)22(20)27)13-2-5-18(28-8-13)19-10-40-26(39)32-19/h2,5,8-9,11,14-16,19H,3-4,6-7,10,27H2,1H3,(H,32,39)(H,29,30,34)/t14-,15-,16+,19-/m1/s1. The highest BCUT2D eigenvalue weighted by Crippen LogP contribution is 2.45. The van der Waals surface area contributed by atoms with Crippen LogP contribution in [0.25, 0.3) is 16.8 Å². The van der Waals surface area contributed by atoms with E-state index in [1.54, 1.807) is 12.4 Å². The number of ether oxygens (including phenoxy) is 1. The Bertz CT molecular complexity index is 1630. The molecule has 204 valence electrons. The molecule has 3 fully saturated rings. The fraction of sp³-hybridized carbons (Fsp3) is 0.385. The van der Waals surface area contributed by atoms with Gasteiger partial charge >= 0.3 is 6.09 Å². The van der Waals surface area contributed by atoms with Crippen LogP contribution in [0.4, 0.5) is 10.6 Å². The third kappa shape index (κ3) is 3.78. The first-order chi connectivity index (χ1) is 19.4. The lowest BCUT2D eigenvalue weighted by atomic mass is 9.85. The largest absolute Gasteiger partial charge is 0.447 e. The number of Topliss-reactive ketones (excluding diaryl/α,β-unsaturated/α-hetero) is 1. The summed E-state index contributed by atoms with van der Waals surface area (Å²) in [7, 11) is 0. The summed E-state index contributed by atoms with van der Waals surface area (Å²) >= 11 is 0. The Balaban J connectivity index is 1.24. The molecule has 0 aliphatic carbocycles. The lowest BCUT2D eigenvalue weighted by molar-refractivity contribution is 0.0556. The number of alkyl carbamates (subject to hydrolysis) is 1. The second kappa shape index (κ2) is 9.10. The van der Waals surface area contributed by atoms with Crippen molar-refractivity contribution in [2.45, 2.75) is 56.7 Å². The number of nitrogens with two attached hydrogens (primary N) is 1. The van der Waals surface area contributed by atoms with Gasteiger partial charge in [-0.2, -0.15) is 9.61 Å². The molecule has 3 aliphatic rings. The second-order valence-electron chi connectivity index (χ2n) is 10.5. The molecule has 40 heavy (non-hydrogen) atoms. The SMILES string of the molecule is CC(=O)c1c([C@@H]2C[C@H]3CC[C@@H](C2)N3C(=O)c2nnc[nH]2)nc2c(-c3ccc([C@H]4COC(=O)N4)nc3)cnn2c1N. The van der Waals surface area contributed by atoms with Crippen LogP contribution in [-0.2, 0) is 4.74 Å². The maximum atomic E-state index is 13.1. The van der Waals surface area contributed by atoms with E-state index in [9.17, 15) is 14.4 Å². The van der Waals surface area contributed by atoms with Gasteiger partial charge in [0.25, 0.3) is 5.91 Å². The molecule has 2 bridgehead atoms. The van der Waals surface area contributed by atoms with Gasteiger partial charge in [0.1, 0.15) is 24.8 Å². The van der Waals surface area contributed by atoms with Crippen molar-refractivity contribution >= 4 is 29.2 Å². The molecule has 4 N–H and O–H groups in total. The average molecular weight is 543 g/mol. The van der Waals surface area contributed by atoms with E-state index in [1.807, 2.05) is 17.0 Å². The minimum Gasteiger partial charge on any atom is -0.447 e. The molecule has 7 rings (SSSR count). The predicted molar refractivity (Wildman–Crippen MR) is 139 cm³/mol. The molecule has 3 aliphatic heterocycles. The van der Waals surface area contributed by atoms with E-state index in [2.05, 4.69) is 30.6 Å². The summed E-state index contributed by atoms with van der Waals surface area (Å²) < 4.78 is 6.46. The number of anilines is 1. The molecule has 7 heterocycles. The molecule has 0 saturated carbocycles. The fourth-order valence-corrected chi connectivity index (χ4v) is 6.37. The summed E-state index contributed by atoms with van der Waals surface area (Å²) in [4.78, 5) is 51.6. The maximum Gasteiger partial charge on any atom is 0.407 e. The van der Waals surface area contributed by atoms with Crippen LogP contribution < -0.4 is 11.1 Å². The van der Waals surface area contributed by atoms with Crippen molar-refractivity contribution in [1.29, 1.82) is 0 Å². The van der Waals surface area contributed by atoms with Crippen LogP contribution in [0, 0.1) is 0 Å². The summed E-state index contributed by atoms with van der Waals surface area (Å²) in [6, 6.07) is 3.41. The predicted octanol–water partition coefficient (Wildman–Crippen LogP) is 2.03. The van der Waals surface area contributed by atoms with Gasteiger partial charge in [0.2, 0.25) is 5.82 Å². The van der Waals surface area contributed by atoms with E-state index in [1.165, 1.54) is 17.8 Å². The number of H-pyrrole nitrogens is 1. The molecule has 4 aromatic heterocycles. The normalized spacial score (nSPS) is 23.8. The first-order valence-corrected chi connectivity index (χ1v) is 13.2. The second-order valence-corrected chi connectivity index (χ2v) is 10.5. The van der Waals surface area contributed by atoms with Gasteiger partial charge in [-0.3, -0.25) is 14.6 Å². The minimum absolute atomic E-state index is 0.00147. The summed E-state index contributed by atoms with van der Waals surface area (Å²) in [5.41, 5.74) is 10.2. The first kappa shape index (κ1) is 24.2. The van der Waals surface area contributed by atoms with E-state index in [0.717, 1.165) is 24.0 Å². The minimum atomic E-state index is -0.464. The van der Waals surface area contributed by atoms with Crippen LogP contribution in [0.2, 0.25) is 0 Å². The molecule has 0 unspecified atom stereocenters. The molecule has 0 aromatic carbocycles. The molecule has 0 spiro atoms. The number of cyclic esters (lactones) is 1. The molecule has 14 nitrogen and oxygen atoms in total. The molecule has 2 amide bonds. The summed E-state index contributed by atoms with van der Waals surface area (Å²) in [6.07, 6.45) is 7.35. The third-order valence-electron chi connectivity index (χ3n) is 8.16. The number of rotatable bonds is 5. The molecule has 4 aromatic rings. The van der Waals surface area contributed by atoms with E-state index >= 15 is 0 Å². The Labute approximate surface area is 227 Å². The van der Waals surface area contributed by atoms with Gasteiger partial charge in [0.15, 0.2) is 11.4 Å². The first-order valence-electron chi connectivity index (χ1n) is 13.2. The fourth-order valence-electron chi connectivity index (χ4n) is 6.37. The van der Waals surface area contributed by atoms with Crippen LogP contribution >= 0.6 is 0 Å². The smallest absolute Gasteiger partial charge is 0.407 e. The number of carbonyl (C=O) groups excluding carboxylic acids is 3. The summed E-state index contributed by atoms with van der Waals surface area (Å²) in [5, 5.41) is 14.8. The van der Waals surface area contributed by atoms with E-state index in [4.69, 9.17) is 15.5 Å². The molecule has 0 radical (unpaired) electrons. The van der Waals surface area contributed by atoms with Crippen molar-refractivity contribution in [3.05, 3.63) is 53.6 Å². The number of aromatic amines is 1. The van der Waals surface area contributed by atoms with Crippen molar-refractivity contribution in [2.24, 2.45) is 0 Å². The highest BCUT2D eigenvalue weighted by molar-refractivity contribution is 6.00. The number of nitrogen functional groups attached to an aromatic ring is 1. The number of piperidine rings is 1. The number of nitrogens with zero attached hydrogens (tertiary/aromatic N) is 7. The number of pyridine rings is 1. The van der Waals surface area contributed by atoms with Gasteiger partial charge in [-0.25, -0.2) is 9.78 Å². The average Bonchev–Trinajstić information content (AvgIpc) is 3.75. The van der Waals surface area contributed by atoms with Crippen LogP contribution in [0.3, 0.4) is 0 Å². The number of ketones is 1. The molecule has 14 heteroatoms. The van der Waals surface area contributed by atoms with E-state index < -0.39 is 6.09 Å². The lowest BCUT2D eigenvalue weighted by Gasteiger charge is -2.38. The van der Waals surface area contributed by atoms with E-state index in [-0.39, 0.29) is 54.0 Å². The van der Waals surface area contributed by atoms with Crippen molar-refractivity contribution in [3.63, 3.8) is 0 Å². The van der Waals surface area contributed by atoms with Crippen molar-refractivity contribution in [2.75, 3.05) is 12.3 Å². The number of amides is 2. The van der Waals surface area contributed by atoms with Crippen LogP contribution in [0.15, 0.2) is 30.9 Å². The Kier molecular flexibility index (Phi) is 5.50. The van der Waals surface area contributed by atoms with Crippen molar-refractivity contribution in [3.8, 4) is 11.1 Å². The van der Waals surface area contributed by atoms with Gasteiger partial charge in [0, 0.05) is 35.3 Å². The Hall–Kier alpha value is -4.88. The van der Waals surface area contributed by atoms with Gasteiger partial charge in [-0.1, -0.05) is 6.07 Å². The van der Waals surface area contributed by atoms with Crippen LogP contribution in [0.5, 0.6) is 0 Å². The number of fused-ring (bicyclic) bond motifs is 3. The van der Waals surface area contributed by atoms with Crippen LogP contribution in [0.1, 0.15) is 76.9 Å². The Morgan fingerprint density at radius 3 is 2.58 bits per heavy atom. The highest BCUT2D eigenvalue weighted by Gasteiger charge is 2.45. The van der Waals surface area contributed by atoms with Gasteiger partial charge in [-0.15, -0.1) is 10.2 Å². The summed E-state index contributed by atoms with van der Waals surface area (Å²) in [5.74, 6) is 0.0718. The molecule has 3 saturated heterocycles. The van der Waals surface area contributed by atoms with Crippen molar-refractivity contribution in [1.82, 2.24) is 45.0 Å². The number of nitrogens with one attached hydrogen (secondary N) is 2. The monoisotopic (exact) mass is 542 g/mol. The van der Waals surface area contributed by atoms with Gasteiger partial charge < -0.3 is 25.7 Å². The zero-order valence-electron chi connectivity index (χ0n) is 21.6. The number of carbonyl (C=O) groups is 3. The molecular weight excluding hydrogens is 516 g/mol. The van der Waals surface area contributed by atoms with Crippen LogP contribution in [-0.4, -0.2) is 76.1 Å². The third-order valence-corrected chi connectivity index (χ3v) is 8.16. The topological polar surface area (TPSA) is 186 Å². The number of hydrogen-bond acceptors (Lipinski definition) is 10. The Morgan fingerprint density at radius 2 is 1.95 bits per heavy atom. The quantitative estimate of drug-likeness (QED) is 0.315. The lowest BCUT2D eigenvalue weighted by Crippen LogP contribution is -2.46. The van der Waals surface area contributed by atoms with Gasteiger partial charge in [-0.05, 0) is 38.7 Å². The number of aromatic nitrogens is 7. The molecular formula is C26H26N10O4. The maximum absolute atomic E-state index is 13.1. The van der Waals surface area contributed by atoms with E-state index in [0.29, 0.717) is 35.4 Å². The molecule has 4 atom stereocenters. The Morgan fingerprint density at radius 1 is 1.15 bits per heavy atom. The van der Waals surface area contributed by atoms with Crippen molar-refractivity contribution < 1.29 is 19.1 Å². The zero-order valence-corrected chi connectivity index (χ0v) is 21.6. The number of hydrogen-bond donors (Lipinski definition) is 3. The van der Waals surface area contributed by atoms with Gasteiger partial charge in [0.05, 0.1) is 23.1 Å². The highest BCUT2D eigenvalue weighted by atomic mass is 16.6. The summed E-state index contributed by atoms with van der Waals surface area (Å²) in [6.45, 7) is 1.71. The zero-order chi connectivity index (χ0) is 27.5.